The molecule has 17 heavy (non-hydrogen) atoms. The van der Waals surface area contributed by atoms with Crippen LogP contribution < -0.4 is 10.7 Å². The van der Waals surface area contributed by atoms with Gasteiger partial charge in [-0.05, 0) is 12.1 Å². The fourth-order valence-corrected chi connectivity index (χ4v) is 2.56. The molecule has 2 aromatic heterocycles. The van der Waals surface area contributed by atoms with E-state index < -0.39 is 15.2 Å². The Morgan fingerprint density at radius 2 is 1.76 bits per heavy atom. The third-order valence-corrected chi connectivity index (χ3v) is 3.99. The molecule has 8 nitrogen and oxygen atoms in total. The van der Waals surface area contributed by atoms with Crippen molar-refractivity contribution in [2.24, 2.45) is 0 Å². The molecule has 0 saturated carbocycles. The lowest BCUT2D eigenvalue weighted by atomic mass is 10.5. The van der Waals surface area contributed by atoms with Gasteiger partial charge in [0.1, 0.15) is 5.65 Å². The molecule has 2 heterocycles. The van der Waals surface area contributed by atoms with Crippen molar-refractivity contribution < 1.29 is 28.7 Å². The van der Waals surface area contributed by atoms with Gasteiger partial charge in [0.2, 0.25) is 0 Å². The zero-order chi connectivity index (χ0) is 12.8. The smallest absolute Gasteiger partial charge is 0.321 e. The van der Waals surface area contributed by atoms with Gasteiger partial charge in [0.25, 0.3) is 0 Å². The summed E-state index contributed by atoms with van der Waals surface area (Å²) >= 11 is 0. The van der Waals surface area contributed by atoms with Gasteiger partial charge in [-0.25, -0.2) is 4.98 Å². The average Bonchev–Trinajstić information content (AvgIpc) is 2.57. The van der Waals surface area contributed by atoms with Crippen molar-refractivity contribution >= 4 is 31.6 Å². The average molecular weight is 278 g/mol. The standard InChI is InChI=1S/C7H8N2O6P2/c10-16(11,12)5-1-2-9-6(3-5)8-4-7(9)17(13,14)15/h1-4H,(H2,10,11,12)(H2,13,14,15). The van der Waals surface area contributed by atoms with E-state index in [1.165, 1.54) is 0 Å². The second-order valence-electron chi connectivity index (χ2n) is 3.32. The minimum atomic E-state index is -4.47. The summed E-state index contributed by atoms with van der Waals surface area (Å²) in [5.41, 5.74) is -0.270. The summed E-state index contributed by atoms with van der Waals surface area (Å²) in [4.78, 5) is 39.6. The zero-order valence-electron chi connectivity index (χ0n) is 8.20. The number of imidazole rings is 1. The highest BCUT2D eigenvalue weighted by molar-refractivity contribution is 7.60. The molecule has 10 heteroatoms. The van der Waals surface area contributed by atoms with Gasteiger partial charge in [-0.15, -0.1) is 0 Å². The molecule has 0 aromatic carbocycles. The van der Waals surface area contributed by atoms with Crippen molar-refractivity contribution in [2.45, 2.75) is 0 Å². The van der Waals surface area contributed by atoms with E-state index in [0.29, 0.717) is 0 Å². The molecule has 0 saturated heterocycles. The quantitative estimate of drug-likeness (QED) is 0.514. The van der Waals surface area contributed by atoms with Crippen molar-refractivity contribution in [2.75, 3.05) is 0 Å². The highest BCUT2D eigenvalue weighted by Gasteiger charge is 2.24. The van der Waals surface area contributed by atoms with Crippen molar-refractivity contribution in [1.29, 1.82) is 0 Å². The van der Waals surface area contributed by atoms with Crippen LogP contribution >= 0.6 is 15.2 Å². The summed E-state index contributed by atoms with van der Waals surface area (Å²) in [6.07, 6.45) is 2.13. The summed E-state index contributed by atoms with van der Waals surface area (Å²) in [6.45, 7) is 0. The van der Waals surface area contributed by atoms with Crippen LogP contribution in [0.5, 0.6) is 0 Å². The van der Waals surface area contributed by atoms with E-state index in [0.717, 1.165) is 28.9 Å². The Kier molecular flexibility index (Phi) is 2.74. The summed E-state index contributed by atoms with van der Waals surface area (Å²) in [6, 6.07) is 2.18. The van der Waals surface area contributed by atoms with Crippen LogP contribution in [0.15, 0.2) is 24.5 Å². The van der Waals surface area contributed by atoms with Crippen molar-refractivity contribution in [3.63, 3.8) is 0 Å². The Bertz CT molecular complexity index is 668. The van der Waals surface area contributed by atoms with Crippen molar-refractivity contribution in [3.8, 4) is 0 Å². The van der Waals surface area contributed by atoms with Gasteiger partial charge >= 0.3 is 15.2 Å². The molecular formula is C7H8N2O6P2. The summed E-state index contributed by atoms with van der Waals surface area (Å²) < 4.78 is 23.1. The molecule has 4 N–H and O–H groups in total. The minimum absolute atomic E-state index is 0.0594. The molecule has 0 aliphatic rings. The van der Waals surface area contributed by atoms with Crippen molar-refractivity contribution in [1.82, 2.24) is 9.38 Å². The summed E-state index contributed by atoms with van der Waals surface area (Å²) in [5, 5.41) is -0.257. The van der Waals surface area contributed by atoms with Gasteiger partial charge in [0.15, 0.2) is 5.44 Å². The first kappa shape index (κ1) is 12.4. The van der Waals surface area contributed by atoms with Gasteiger partial charge in [-0.2, -0.15) is 0 Å². The maximum Gasteiger partial charge on any atom is 0.374 e. The molecule has 0 atom stereocenters. The monoisotopic (exact) mass is 278 g/mol. The molecule has 0 unspecified atom stereocenters. The highest BCUT2D eigenvalue weighted by atomic mass is 31.2. The maximum absolute atomic E-state index is 11.1. The fourth-order valence-electron chi connectivity index (χ4n) is 1.35. The predicted octanol–water partition coefficient (Wildman–Crippen LogP) is -1.06. The van der Waals surface area contributed by atoms with Crippen LogP contribution in [-0.2, 0) is 9.13 Å². The minimum Gasteiger partial charge on any atom is -0.321 e. The molecule has 0 aliphatic heterocycles. The number of pyridine rings is 1. The largest absolute Gasteiger partial charge is 0.374 e. The summed E-state index contributed by atoms with van der Waals surface area (Å²) in [7, 11) is -8.87. The molecule has 0 amide bonds. The first-order valence-corrected chi connectivity index (χ1v) is 7.51. The molecule has 92 valence electrons. The number of hydrogen-bond donors (Lipinski definition) is 4. The van der Waals surface area contributed by atoms with Crippen LogP contribution in [0.3, 0.4) is 0 Å². The Morgan fingerprint density at radius 3 is 2.29 bits per heavy atom. The molecule has 0 radical (unpaired) electrons. The molecule has 0 bridgehead atoms. The molecule has 0 spiro atoms. The fraction of sp³-hybridized carbons (Fsp3) is 0. The van der Waals surface area contributed by atoms with E-state index in [1.54, 1.807) is 0 Å². The number of aromatic nitrogens is 2. The van der Waals surface area contributed by atoms with Crippen LogP contribution in [0.25, 0.3) is 5.65 Å². The van der Waals surface area contributed by atoms with Crippen LogP contribution in [0, 0.1) is 0 Å². The third-order valence-electron chi connectivity index (χ3n) is 2.11. The second-order valence-corrected chi connectivity index (χ2v) is 6.47. The maximum atomic E-state index is 11.1. The lowest BCUT2D eigenvalue weighted by Crippen LogP contribution is -2.12. The van der Waals surface area contributed by atoms with E-state index in [1.807, 2.05) is 0 Å². The van der Waals surface area contributed by atoms with Gasteiger partial charge in [0.05, 0.1) is 11.5 Å². The van der Waals surface area contributed by atoms with Crippen molar-refractivity contribution in [3.05, 3.63) is 24.5 Å². The second kappa shape index (κ2) is 3.74. The first-order chi connectivity index (χ1) is 7.69. The van der Waals surface area contributed by atoms with Crippen LogP contribution in [0.2, 0.25) is 0 Å². The Hall–Kier alpha value is -1.01. The Balaban J connectivity index is 2.69. The topological polar surface area (TPSA) is 132 Å². The number of rotatable bonds is 2. The number of fused-ring (bicyclic) bond motifs is 1. The highest BCUT2D eigenvalue weighted by Crippen LogP contribution is 2.35. The normalized spacial score (nSPS) is 13.2. The van der Waals surface area contributed by atoms with E-state index in [2.05, 4.69) is 4.98 Å². The van der Waals surface area contributed by atoms with E-state index in [9.17, 15) is 9.13 Å². The van der Waals surface area contributed by atoms with Crippen LogP contribution in [-0.4, -0.2) is 29.0 Å². The first-order valence-electron chi connectivity index (χ1n) is 4.29. The summed E-state index contributed by atoms with van der Waals surface area (Å²) in [5.74, 6) is 0. The van der Waals surface area contributed by atoms with Gasteiger partial charge in [-0.1, -0.05) is 0 Å². The number of hydrogen-bond acceptors (Lipinski definition) is 3. The lowest BCUT2D eigenvalue weighted by molar-refractivity contribution is 0.385. The zero-order valence-corrected chi connectivity index (χ0v) is 9.99. The van der Waals surface area contributed by atoms with E-state index in [-0.39, 0.29) is 16.4 Å². The van der Waals surface area contributed by atoms with Gasteiger partial charge in [-0.3, -0.25) is 13.5 Å². The Labute approximate surface area is 94.9 Å². The lowest BCUT2D eigenvalue weighted by Gasteiger charge is -2.06. The Morgan fingerprint density at radius 1 is 1.12 bits per heavy atom. The third kappa shape index (κ3) is 2.32. The molecule has 0 fully saturated rings. The molecular weight excluding hydrogens is 270 g/mol. The van der Waals surface area contributed by atoms with Gasteiger partial charge < -0.3 is 19.6 Å². The van der Waals surface area contributed by atoms with Crippen LogP contribution in [0.1, 0.15) is 0 Å². The molecule has 0 aliphatic carbocycles. The molecule has 2 rings (SSSR count). The van der Waals surface area contributed by atoms with E-state index >= 15 is 0 Å². The van der Waals surface area contributed by atoms with Crippen LogP contribution in [0.4, 0.5) is 0 Å². The predicted molar refractivity (Wildman–Crippen MR) is 58.5 cm³/mol. The van der Waals surface area contributed by atoms with E-state index in [4.69, 9.17) is 19.6 Å². The molecule has 2 aromatic rings. The van der Waals surface area contributed by atoms with Gasteiger partial charge in [0, 0.05) is 6.20 Å². The number of nitrogens with zero attached hydrogens (tertiary/aromatic N) is 2. The SMILES string of the molecule is O=P(O)(O)c1ccn2c(P(=O)(O)O)cnc2c1.